The van der Waals surface area contributed by atoms with Gasteiger partial charge in [-0.2, -0.15) is 0 Å². The first-order chi connectivity index (χ1) is 21.3. The van der Waals surface area contributed by atoms with Gasteiger partial charge in [-0.3, -0.25) is 14.4 Å². The van der Waals surface area contributed by atoms with Gasteiger partial charge < -0.3 is 24.7 Å². The third-order valence-electron chi connectivity index (χ3n) is 9.60. The minimum Gasteiger partial charge on any atom is -0.394 e. The Bertz CT molecular complexity index is 1380. The van der Waals surface area contributed by atoms with Crippen LogP contribution in [-0.4, -0.2) is 88.5 Å². The van der Waals surface area contributed by atoms with E-state index in [0.717, 1.165) is 30.8 Å². The van der Waals surface area contributed by atoms with E-state index in [0.29, 0.717) is 18.7 Å². The van der Waals surface area contributed by atoms with Crippen molar-refractivity contribution >= 4 is 40.9 Å². The maximum Gasteiger partial charge on any atom is 0.251 e. The van der Waals surface area contributed by atoms with Gasteiger partial charge in [0.05, 0.1) is 29.2 Å². The molecule has 3 aliphatic rings. The topological polar surface area (TPSA) is 84.4 Å². The van der Waals surface area contributed by atoms with Crippen LogP contribution in [-0.2, 0) is 14.4 Å². The van der Waals surface area contributed by atoms with Crippen LogP contribution in [0, 0.1) is 11.8 Å². The molecule has 2 aromatic rings. The predicted molar refractivity (Wildman–Crippen MR) is 178 cm³/mol. The third kappa shape index (κ3) is 5.24. The summed E-state index contributed by atoms with van der Waals surface area (Å²) in [4.78, 5) is 50.7. The van der Waals surface area contributed by atoms with Gasteiger partial charge in [0.2, 0.25) is 11.8 Å². The number of fused-ring (bicyclic) bond motifs is 1. The molecule has 234 valence electrons. The fourth-order valence-electron chi connectivity index (χ4n) is 7.59. The van der Waals surface area contributed by atoms with Crippen LogP contribution in [0.4, 0.5) is 11.4 Å². The number of aliphatic hydroxyl groups is 1. The van der Waals surface area contributed by atoms with Crippen LogP contribution < -0.4 is 9.80 Å². The molecular formula is C35H44N4O4S. The van der Waals surface area contributed by atoms with Gasteiger partial charge in [0.15, 0.2) is 0 Å². The Kier molecular flexibility index (Phi) is 9.56. The van der Waals surface area contributed by atoms with Crippen LogP contribution in [0.15, 0.2) is 79.9 Å². The smallest absolute Gasteiger partial charge is 0.251 e. The SMILES string of the molecule is C=CCN(C)C(=O)[C@@H]1[C@@H]2CCC3(S2)C(C(=O)N(CC=C)c2ccc(N(CC)CC)cc2)N([C@H](CO)c2ccccc2)C(=O)[C@H]13. The van der Waals surface area contributed by atoms with E-state index in [1.165, 1.54) is 0 Å². The molecule has 9 heteroatoms. The molecule has 0 radical (unpaired) electrons. The van der Waals surface area contributed by atoms with E-state index in [1.807, 2.05) is 54.6 Å². The molecule has 0 saturated carbocycles. The van der Waals surface area contributed by atoms with Crippen molar-refractivity contribution in [2.24, 2.45) is 11.8 Å². The second-order valence-electron chi connectivity index (χ2n) is 11.8. The molecule has 1 spiro atoms. The molecule has 3 amide bonds. The van der Waals surface area contributed by atoms with Crippen molar-refractivity contribution in [2.75, 3.05) is 49.6 Å². The summed E-state index contributed by atoms with van der Waals surface area (Å²) in [5.41, 5.74) is 2.54. The molecule has 3 fully saturated rings. The van der Waals surface area contributed by atoms with Crippen LogP contribution in [0.3, 0.4) is 0 Å². The number of hydrogen-bond donors (Lipinski definition) is 1. The number of thioether (sulfide) groups is 1. The fourth-order valence-corrected chi connectivity index (χ4v) is 9.78. The van der Waals surface area contributed by atoms with Gasteiger partial charge >= 0.3 is 0 Å². The fraction of sp³-hybridized carbons (Fsp3) is 0.457. The Morgan fingerprint density at radius 3 is 2.25 bits per heavy atom. The lowest BCUT2D eigenvalue weighted by Crippen LogP contribution is -2.56. The molecule has 8 nitrogen and oxygen atoms in total. The Labute approximate surface area is 265 Å². The molecule has 0 aromatic heterocycles. The summed E-state index contributed by atoms with van der Waals surface area (Å²) >= 11 is 1.63. The number of carbonyl (C=O) groups is 3. The van der Waals surface area contributed by atoms with E-state index < -0.39 is 28.7 Å². The van der Waals surface area contributed by atoms with E-state index >= 15 is 0 Å². The molecule has 2 bridgehead atoms. The van der Waals surface area contributed by atoms with Gasteiger partial charge in [-0.05, 0) is 56.5 Å². The molecule has 5 rings (SSSR count). The lowest BCUT2D eigenvalue weighted by molar-refractivity contribution is -0.145. The van der Waals surface area contributed by atoms with Crippen molar-refractivity contribution in [3.63, 3.8) is 0 Å². The number of carbonyl (C=O) groups excluding carboxylic acids is 3. The average molecular weight is 617 g/mol. The summed E-state index contributed by atoms with van der Waals surface area (Å²) in [7, 11) is 1.74. The Hall–Kier alpha value is -3.56. The number of nitrogens with zero attached hydrogens (tertiary/aromatic N) is 4. The maximum absolute atomic E-state index is 15.0. The lowest BCUT2D eigenvalue weighted by Gasteiger charge is -2.40. The highest BCUT2D eigenvalue weighted by molar-refractivity contribution is 8.02. The number of likely N-dealkylation sites (tertiary alicyclic amines) is 1. The first-order valence-electron chi connectivity index (χ1n) is 15.6. The normalized spacial score (nSPS) is 25.8. The first-order valence-corrected chi connectivity index (χ1v) is 16.4. The molecule has 3 heterocycles. The van der Waals surface area contributed by atoms with Crippen molar-refractivity contribution in [3.05, 3.63) is 85.5 Å². The van der Waals surface area contributed by atoms with E-state index in [1.54, 1.807) is 45.7 Å². The summed E-state index contributed by atoms with van der Waals surface area (Å²) in [6, 6.07) is 15.7. The number of likely N-dealkylation sites (N-methyl/N-ethyl adjacent to an activating group) is 1. The van der Waals surface area contributed by atoms with Crippen molar-refractivity contribution < 1.29 is 19.5 Å². The number of amides is 3. The number of hydrogen-bond acceptors (Lipinski definition) is 6. The third-order valence-corrected chi connectivity index (χ3v) is 11.5. The van der Waals surface area contributed by atoms with Crippen molar-refractivity contribution in [3.8, 4) is 0 Å². The van der Waals surface area contributed by atoms with Gasteiger partial charge in [0.1, 0.15) is 6.04 Å². The summed E-state index contributed by atoms with van der Waals surface area (Å²) in [6.07, 6.45) is 4.78. The second-order valence-corrected chi connectivity index (χ2v) is 13.4. The molecule has 3 saturated heterocycles. The second kappa shape index (κ2) is 13.2. The van der Waals surface area contributed by atoms with Crippen molar-refractivity contribution in [2.45, 2.75) is 48.8 Å². The zero-order valence-corrected chi connectivity index (χ0v) is 26.8. The predicted octanol–water partition coefficient (Wildman–Crippen LogP) is 4.52. The largest absolute Gasteiger partial charge is 0.394 e. The first kappa shape index (κ1) is 31.9. The average Bonchev–Trinajstić information content (AvgIpc) is 3.69. The Morgan fingerprint density at radius 2 is 1.66 bits per heavy atom. The van der Waals surface area contributed by atoms with E-state index in [-0.39, 0.29) is 36.1 Å². The zero-order chi connectivity index (χ0) is 31.6. The highest BCUT2D eigenvalue weighted by Gasteiger charge is 2.74. The summed E-state index contributed by atoms with van der Waals surface area (Å²) in [6.45, 7) is 14.0. The van der Waals surface area contributed by atoms with Gasteiger partial charge in [-0.1, -0.05) is 42.5 Å². The lowest BCUT2D eigenvalue weighted by atomic mass is 9.70. The van der Waals surface area contributed by atoms with Crippen LogP contribution in [0.5, 0.6) is 0 Å². The summed E-state index contributed by atoms with van der Waals surface area (Å²) in [5.74, 6) is -1.74. The van der Waals surface area contributed by atoms with Gasteiger partial charge in [-0.25, -0.2) is 0 Å². The van der Waals surface area contributed by atoms with Crippen LogP contribution in [0.25, 0.3) is 0 Å². The van der Waals surface area contributed by atoms with Gasteiger partial charge in [0, 0.05) is 49.9 Å². The van der Waals surface area contributed by atoms with Crippen molar-refractivity contribution in [1.29, 1.82) is 0 Å². The maximum atomic E-state index is 15.0. The van der Waals surface area contributed by atoms with Crippen LogP contribution in [0.2, 0.25) is 0 Å². The highest BCUT2D eigenvalue weighted by atomic mass is 32.2. The van der Waals surface area contributed by atoms with Crippen LogP contribution in [0.1, 0.15) is 38.3 Å². The van der Waals surface area contributed by atoms with Crippen LogP contribution >= 0.6 is 11.8 Å². The van der Waals surface area contributed by atoms with Gasteiger partial charge in [0.25, 0.3) is 5.91 Å². The monoisotopic (exact) mass is 616 g/mol. The molecule has 3 aliphatic heterocycles. The Morgan fingerprint density at radius 1 is 1.02 bits per heavy atom. The quantitative estimate of drug-likeness (QED) is 0.333. The van der Waals surface area contributed by atoms with E-state index in [9.17, 15) is 19.5 Å². The van der Waals surface area contributed by atoms with E-state index in [4.69, 9.17) is 0 Å². The minimum atomic E-state index is -0.864. The Balaban J connectivity index is 1.60. The molecular weight excluding hydrogens is 572 g/mol. The molecule has 1 N–H and O–H groups in total. The molecule has 6 atom stereocenters. The molecule has 0 aliphatic carbocycles. The zero-order valence-electron chi connectivity index (χ0n) is 26.0. The number of aliphatic hydroxyl groups excluding tert-OH is 1. The minimum absolute atomic E-state index is 0.0494. The van der Waals surface area contributed by atoms with Gasteiger partial charge in [-0.15, -0.1) is 24.9 Å². The number of anilines is 2. The summed E-state index contributed by atoms with van der Waals surface area (Å²) in [5, 5.41) is 10.7. The summed E-state index contributed by atoms with van der Waals surface area (Å²) < 4.78 is -0.781. The highest BCUT2D eigenvalue weighted by Crippen LogP contribution is 2.67. The molecule has 2 aromatic carbocycles. The number of benzene rings is 2. The van der Waals surface area contributed by atoms with Crippen molar-refractivity contribution in [1.82, 2.24) is 9.80 Å². The molecule has 44 heavy (non-hydrogen) atoms. The number of rotatable bonds is 13. The standard InChI is InChI=1S/C35H44N4O4S/c1-6-21-36(5)32(41)29-28-19-20-35(44-28)30(29)33(42)39(27(23-40)24-13-11-10-12-14-24)31(35)34(43)38(22-7-2)26-17-15-25(16-18-26)37(8-3)9-4/h6-7,10-18,27-31,40H,1-2,8-9,19-23H2,3-5H3/t27-,28+,29-,30+,31?,35?/m1/s1. The van der Waals surface area contributed by atoms with E-state index in [2.05, 4.69) is 31.9 Å². The molecule has 2 unspecified atom stereocenters.